The topological polar surface area (TPSA) is 130 Å². The molecule has 0 aliphatic carbocycles. The summed E-state index contributed by atoms with van der Waals surface area (Å²) in [6.07, 6.45) is 2.58. The van der Waals surface area contributed by atoms with Gasteiger partial charge in [-0.1, -0.05) is 36.4 Å². The molecule has 1 aromatic heterocycles. The van der Waals surface area contributed by atoms with Gasteiger partial charge in [-0.3, -0.25) is 24.7 Å². The molecule has 1 aromatic carbocycles. The number of carbonyl (C=O) groups excluding carboxylic acids is 2. The molecule has 1 fully saturated rings. The molecule has 1 aliphatic rings. The van der Waals surface area contributed by atoms with Crippen LogP contribution < -0.4 is 16.0 Å². The van der Waals surface area contributed by atoms with E-state index in [0.717, 1.165) is 11.3 Å². The van der Waals surface area contributed by atoms with E-state index in [1.807, 2.05) is 48.5 Å². The van der Waals surface area contributed by atoms with Gasteiger partial charge in [0.25, 0.3) is 0 Å². The first-order valence-corrected chi connectivity index (χ1v) is 9.05. The fourth-order valence-corrected chi connectivity index (χ4v) is 2.88. The van der Waals surface area contributed by atoms with E-state index in [0.29, 0.717) is 19.4 Å². The van der Waals surface area contributed by atoms with Gasteiger partial charge in [0.2, 0.25) is 11.8 Å². The van der Waals surface area contributed by atoms with Crippen molar-refractivity contribution in [1.29, 1.82) is 0 Å². The Morgan fingerprint density at radius 2 is 1.79 bits per heavy atom. The van der Waals surface area contributed by atoms with Crippen molar-refractivity contribution in [3.63, 3.8) is 0 Å². The molecule has 0 saturated carbocycles. The Balaban J connectivity index is 0.00000300. The Hall–Kier alpha value is -2.26. The van der Waals surface area contributed by atoms with Crippen molar-refractivity contribution in [2.24, 2.45) is 0 Å². The Labute approximate surface area is 190 Å². The second-order valence-electron chi connectivity index (χ2n) is 6.57. The number of aromatic nitrogens is 1. The monoisotopic (exact) mass is 406 g/mol. The Morgan fingerprint density at radius 3 is 2.41 bits per heavy atom. The van der Waals surface area contributed by atoms with E-state index in [9.17, 15) is 14.4 Å². The van der Waals surface area contributed by atoms with E-state index in [-0.39, 0.29) is 35.5 Å². The van der Waals surface area contributed by atoms with Crippen LogP contribution in [0.3, 0.4) is 0 Å². The summed E-state index contributed by atoms with van der Waals surface area (Å²) in [5.41, 5.74) is 1.75. The van der Waals surface area contributed by atoms with Gasteiger partial charge in [-0.2, -0.15) is 0 Å². The molecular weight excluding hydrogens is 383 g/mol. The summed E-state index contributed by atoms with van der Waals surface area (Å²) in [6.45, 7) is 0.385. The Kier molecular flexibility index (Phi) is 8.78. The van der Waals surface area contributed by atoms with E-state index in [2.05, 4.69) is 20.9 Å². The van der Waals surface area contributed by atoms with Gasteiger partial charge in [0.05, 0.1) is 0 Å². The second-order valence-corrected chi connectivity index (χ2v) is 6.57. The van der Waals surface area contributed by atoms with Crippen LogP contribution in [-0.4, -0.2) is 82.1 Å². The number of hydrogen-bond donors (Lipinski definition) is 4. The van der Waals surface area contributed by atoms with Crippen molar-refractivity contribution < 1.29 is 19.5 Å². The molecule has 0 unspecified atom stereocenters. The normalized spacial score (nSPS) is 18.1. The zero-order valence-corrected chi connectivity index (χ0v) is 15.2. The van der Waals surface area contributed by atoms with Crippen LogP contribution >= 0.6 is 0 Å². The molecule has 9 heteroatoms. The predicted molar refractivity (Wildman–Crippen MR) is 109 cm³/mol. The summed E-state index contributed by atoms with van der Waals surface area (Å²) in [5.74, 6) is -1.89. The fourth-order valence-electron chi connectivity index (χ4n) is 2.88. The average Bonchev–Trinajstić information content (AvgIpc) is 3.50. The number of aliphatic carboxylic acids is 1. The molecule has 0 spiro atoms. The number of carbonyl (C=O) groups is 3. The standard InChI is InChI=1S/C20H22N4O4.Na.H/c25-18(22-11-9-14-8-4-5-10-21-14)15(12-13-6-2-1-3-7-13)23-19(26)16-17(24-16)20(27)28;;/h1-8,10,15-17,24H,9,11-12H2,(H,22,25)(H,23,26)(H,27,28);;/t15-,16-,17-;;/m0../s1. The molecule has 0 bridgehead atoms. The number of rotatable bonds is 9. The van der Waals surface area contributed by atoms with Crippen LogP contribution in [0.4, 0.5) is 0 Å². The van der Waals surface area contributed by atoms with Crippen molar-refractivity contribution in [1.82, 2.24) is 20.9 Å². The van der Waals surface area contributed by atoms with Crippen LogP contribution in [-0.2, 0) is 27.2 Å². The summed E-state index contributed by atoms with van der Waals surface area (Å²) >= 11 is 0. The van der Waals surface area contributed by atoms with Gasteiger partial charge in [-0.15, -0.1) is 0 Å². The zero-order valence-electron chi connectivity index (χ0n) is 15.2. The molecule has 2 heterocycles. The number of benzene rings is 1. The van der Waals surface area contributed by atoms with Gasteiger partial charge in [-0.25, -0.2) is 0 Å². The van der Waals surface area contributed by atoms with Gasteiger partial charge < -0.3 is 15.7 Å². The molecule has 148 valence electrons. The van der Waals surface area contributed by atoms with E-state index >= 15 is 0 Å². The third-order valence-corrected chi connectivity index (χ3v) is 4.45. The van der Waals surface area contributed by atoms with Gasteiger partial charge in [0, 0.05) is 31.3 Å². The summed E-state index contributed by atoms with van der Waals surface area (Å²) in [6, 6.07) is 12.4. The molecule has 1 aliphatic heterocycles. The second kappa shape index (κ2) is 11.1. The van der Waals surface area contributed by atoms with Gasteiger partial charge in [0.1, 0.15) is 18.1 Å². The average molecular weight is 406 g/mol. The third-order valence-electron chi connectivity index (χ3n) is 4.45. The van der Waals surface area contributed by atoms with E-state index < -0.39 is 30.0 Å². The first-order chi connectivity index (χ1) is 13.5. The van der Waals surface area contributed by atoms with Crippen LogP contribution in [0, 0.1) is 0 Å². The molecule has 3 atom stereocenters. The van der Waals surface area contributed by atoms with Gasteiger partial charge in [-0.05, 0) is 17.7 Å². The molecule has 29 heavy (non-hydrogen) atoms. The number of nitrogens with one attached hydrogen (secondary N) is 3. The maximum atomic E-state index is 12.6. The molecule has 4 N–H and O–H groups in total. The fraction of sp³-hybridized carbons (Fsp3) is 0.300. The number of carboxylic acid groups (broad SMARTS) is 1. The van der Waals surface area contributed by atoms with Crippen LogP contribution in [0.5, 0.6) is 0 Å². The van der Waals surface area contributed by atoms with Crippen molar-refractivity contribution in [2.45, 2.75) is 31.0 Å². The van der Waals surface area contributed by atoms with Gasteiger partial charge in [0.15, 0.2) is 0 Å². The van der Waals surface area contributed by atoms with Crippen LogP contribution in [0.25, 0.3) is 0 Å². The minimum atomic E-state index is -1.08. The summed E-state index contributed by atoms with van der Waals surface area (Å²) in [5, 5.41) is 17.0. The zero-order chi connectivity index (χ0) is 19.9. The molecule has 8 nitrogen and oxygen atoms in total. The summed E-state index contributed by atoms with van der Waals surface area (Å²) in [4.78, 5) is 40.1. The van der Waals surface area contributed by atoms with E-state index in [4.69, 9.17) is 5.11 Å². The van der Waals surface area contributed by atoms with Crippen molar-refractivity contribution >= 4 is 47.3 Å². The van der Waals surface area contributed by atoms with Crippen LogP contribution in [0.1, 0.15) is 11.3 Å². The molecule has 0 radical (unpaired) electrons. The predicted octanol–water partition coefficient (Wildman–Crippen LogP) is -0.756. The molecular formula is C20H23N4NaO4. The molecule has 3 rings (SSSR count). The first kappa shape index (κ1) is 23.0. The number of carboxylic acids is 1. The van der Waals surface area contributed by atoms with E-state index in [1.54, 1.807) is 6.20 Å². The Bertz CT molecular complexity index is 835. The van der Waals surface area contributed by atoms with E-state index in [1.165, 1.54) is 0 Å². The first-order valence-electron chi connectivity index (χ1n) is 9.05. The summed E-state index contributed by atoms with van der Waals surface area (Å²) < 4.78 is 0. The number of hydrogen-bond acceptors (Lipinski definition) is 5. The number of amides is 2. The molecule has 1 saturated heterocycles. The molecule has 2 amide bonds. The summed E-state index contributed by atoms with van der Waals surface area (Å²) in [7, 11) is 0. The molecule has 2 aromatic rings. The number of pyridine rings is 1. The quantitative estimate of drug-likeness (QED) is 0.320. The van der Waals surface area contributed by atoms with Crippen molar-refractivity contribution in [2.75, 3.05) is 6.54 Å². The van der Waals surface area contributed by atoms with Crippen molar-refractivity contribution in [3.8, 4) is 0 Å². The van der Waals surface area contributed by atoms with Gasteiger partial charge >= 0.3 is 35.5 Å². The SMILES string of the molecule is O=C(NCCc1ccccn1)[C@H](Cc1ccccc1)NC(=O)[C@H]1N[C@@H]1C(=O)O.[NaH]. The number of nitrogens with zero attached hydrogens (tertiary/aromatic N) is 1. The van der Waals surface area contributed by atoms with Crippen LogP contribution in [0.15, 0.2) is 54.7 Å². The third kappa shape index (κ3) is 6.93. The van der Waals surface area contributed by atoms with Crippen LogP contribution in [0.2, 0.25) is 0 Å². The minimum absolute atomic E-state index is 0. The van der Waals surface area contributed by atoms with Crippen molar-refractivity contribution in [3.05, 3.63) is 66.0 Å². The maximum absolute atomic E-state index is 12.6. The Morgan fingerprint density at radius 1 is 1.07 bits per heavy atom.